The lowest BCUT2D eigenvalue weighted by molar-refractivity contribution is -0.243. The number of phenolic OH excluding ortho intramolecular Hbond substituents is 2. The van der Waals surface area contributed by atoms with Crippen LogP contribution in [0.4, 0.5) is 0 Å². The van der Waals surface area contributed by atoms with Gasteiger partial charge in [0.05, 0.1) is 11.7 Å². The summed E-state index contributed by atoms with van der Waals surface area (Å²) < 4.78 is 12.0. The van der Waals surface area contributed by atoms with Crippen molar-refractivity contribution in [3.8, 4) is 17.2 Å². The van der Waals surface area contributed by atoms with E-state index in [0.29, 0.717) is 5.75 Å². The number of benzene rings is 2. The topological polar surface area (TPSA) is 93.1 Å². The standard InChI is InChI=1S/C20H16O6/c1-20-4-2-3-15(25-20)12-7-10-11(8-16(12)26-20)18(23)13-5-9(21)6-14(22)17(13)19(10)24/h5-8,15,21-22H,2-4H2,1H3. The molecule has 6 nitrogen and oxygen atoms in total. The molecule has 2 aromatic carbocycles. The second-order valence-corrected chi connectivity index (χ2v) is 7.22. The number of fused-ring (bicyclic) bond motifs is 6. The van der Waals surface area contributed by atoms with Crippen LogP contribution in [0.15, 0.2) is 24.3 Å². The van der Waals surface area contributed by atoms with Gasteiger partial charge >= 0.3 is 0 Å². The van der Waals surface area contributed by atoms with E-state index in [4.69, 9.17) is 9.47 Å². The number of hydrogen-bond donors (Lipinski definition) is 2. The van der Waals surface area contributed by atoms with Crippen LogP contribution < -0.4 is 4.74 Å². The van der Waals surface area contributed by atoms with E-state index >= 15 is 0 Å². The molecule has 2 N–H and O–H groups in total. The maximum Gasteiger partial charge on any atom is 0.208 e. The van der Waals surface area contributed by atoms with Crippen molar-refractivity contribution in [2.24, 2.45) is 0 Å². The van der Waals surface area contributed by atoms with E-state index in [9.17, 15) is 19.8 Å². The molecular formula is C20H16O6. The molecule has 3 aliphatic rings. The molecule has 1 fully saturated rings. The predicted octanol–water partition coefficient (Wildman–Crippen LogP) is 3.22. The van der Waals surface area contributed by atoms with Crippen LogP contribution in [0.25, 0.3) is 0 Å². The first-order valence-corrected chi connectivity index (χ1v) is 8.56. The van der Waals surface area contributed by atoms with Crippen molar-refractivity contribution in [2.75, 3.05) is 0 Å². The highest BCUT2D eigenvalue weighted by molar-refractivity contribution is 6.29. The first-order chi connectivity index (χ1) is 12.4. The van der Waals surface area contributed by atoms with Crippen molar-refractivity contribution in [3.05, 3.63) is 52.1 Å². The van der Waals surface area contributed by atoms with Crippen LogP contribution >= 0.6 is 0 Å². The van der Waals surface area contributed by atoms with Gasteiger partial charge in [0.1, 0.15) is 17.2 Å². The van der Waals surface area contributed by atoms with Crippen molar-refractivity contribution >= 4 is 11.6 Å². The third kappa shape index (κ3) is 1.96. The monoisotopic (exact) mass is 352 g/mol. The van der Waals surface area contributed by atoms with Gasteiger partial charge in [-0.2, -0.15) is 0 Å². The molecule has 132 valence electrons. The van der Waals surface area contributed by atoms with Crippen molar-refractivity contribution in [2.45, 2.75) is 38.1 Å². The number of carbonyl (C=O) groups excluding carboxylic acids is 2. The highest BCUT2D eigenvalue weighted by Gasteiger charge is 2.43. The Kier molecular flexibility index (Phi) is 2.88. The lowest BCUT2D eigenvalue weighted by Gasteiger charge is -2.44. The number of aromatic hydroxyl groups is 2. The van der Waals surface area contributed by atoms with Gasteiger partial charge in [-0.1, -0.05) is 0 Å². The van der Waals surface area contributed by atoms with Gasteiger partial charge in [-0.25, -0.2) is 0 Å². The smallest absolute Gasteiger partial charge is 0.208 e. The summed E-state index contributed by atoms with van der Waals surface area (Å²) in [7, 11) is 0. The average molecular weight is 352 g/mol. The fourth-order valence-corrected chi connectivity index (χ4v) is 4.18. The van der Waals surface area contributed by atoms with E-state index in [0.717, 1.165) is 30.9 Å². The molecule has 0 aromatic heterocycles. The highest BCUT2D eigenvalue weighted by Crippen LogP contribution is 2.48. The summed E-state index contributed by atoms with van der Waals surface area (Å²) in [5.74, 6) is -1.71. The minimum atomic E-state index is -0.722. The first kappa shape index (κ1) is 15.4. The molecule has 26 heavy (non-hydrogen) atoms. The number of ether oxygens (including phenoxy) is 2. The van der Waals surface area contributed by atoms with Gasteiger partial charge in [0.15, 0.2) is 11.6 Å². The Morgan fingerprint density at radius 2 is 1.81 bits per heavy atom. The van der Waals surface area contributed by atoms with E-state index in [1.165, 1.54) is 6.07 Å². The Labute approximate surface area is 149 Å². The van der Waals surface area contributed by atoms with Crippen molar-refractivity contribution in [1.82, 2.24) is 0 Å². The van der Waals surface area contributed by atoms with Gasteiger partial charge in [0.25, 0.3) is 0 Å². The Hall–Kier alpha value is -2.86. The van der Waals surface area contributed by atoms with Crippen LogP contribution in [0.3, 0.4) is 0 Å². The van der Waals surface area contributed by atoms with Crippen molar-refractivity contribution in [1.29, 1.82) is 0 Å². The van der Waals surface area contributed by atoms with Crippen LogP contribution in [0.1, 0.15) is 69.7 Å². The molecule has 2 unspecified atom stereocenters. The zero-order valence-corrected chi connectivity index (χ0v) is 14.0. The summed E-state index contributed by atoms with van der Waals surface area (Å²) in [5, 5.41) is 19.8. The lowest BCUT2D eigenvalue weighted by Crippen LogP contribution is -2.43. The minimum Gasteiger partial charge on any atom is -0.508 e. The second-order valence-electron chi connectivity index (χ2n) is 7.22. The average Bonchev–Trinajstić information content (AvgIpc) is 2.57. The Balaban J connectivity index is 1.73. The molecule has 2 aliphatic heterocycles. The molecule has 0 saturated carbocycles. The van der Waals surface area contributed by atoms with Crippen LogP contribution in [0, 0.1) is 0 Å². The fourth-order valence-electron chi connectivity index (χ4n) is 4.18. The normalized spacial score (nSPS) is 25.8. The third-order valence-corrected chi connectivity index (χ3v) is 5.37. The first-order valence-electron chi connectivity index (χ1n) is 8.56. The highest BCUT2D eigenvalue weighted by atomic mass is 16.7. The largest absolute Gasteiger partial charge is 0.508 e. The van der Waals surface area contributed by atoms with Crippen LogP contribution in [0.5, 0.6) is 17.2 Å². The lowest BCUT2D eigenvalue weighted by atomic mass is 9.81. The van der Waals surface area contributed by atoms with Gasteiger partial charge in [-0.05, 0) is 31.0 Å². The maximum atomic E-state index is 12.9. The molecule has 2 aromatic rings. The number of phenols is 2. The summed E-state index contributed by atoms with van der Waals surface area (Å²) in [6, 6.07) is 5.51. The van der Waals surface area contributed by atoms with Crippen LogP contribution in [-0.4, -0.2) is 27.6 Å². The van der Waals surface area contributed by atoms with Gasteiger partial charge in [-0.3, -0.25) is 9.59 Å². The summed E-state index contributed by atoms with van der Waals surface area (Å²) >= 11 is 0. The minimum absolute atomic E-state index is 0.00147. The van der Waals surface area contributed by atoms with Crippen molar-refractivity contribution in [3.63, 3.8) is 0 Å². The fraction of sp³-hybridized carbons (Fsp3) is 0.300. The number of rotatable bonds is 0. The molecular weight excluding hydrogens is 336 g/mol. The quantitative estimate of drug-likeness (QED) is 0.645. The molecule has 0 amide bonds. The Morgan fingerprint density at radius 1 is 1.04 bits per heavy atom. The molecule has 2 bridgehead atoms. The molecule has 5 rings (SSSR count). The zero-order chi connectivity index (χ0) is 18.2. The maximum absolute atomic E-state index is 12.9. The molecule has 2 atom stereocenters. The third-order valence-electron chi connectivity index (χ3n) is 5.37. The van der Waals surface area contributed by atoms with Gasteiger partial charge < -0.3 is 19.7 Å². The summed E-state index contributed by atoms with van der Waals surface area (Å²) in [4.78, 5) is 25.8. The molecule has 6 heteroatoms. The van der Waals surface area contributed by atoms with Gasteiger partial charge in [-0.15, -0.1) is 0 Å². The summed E-state index contributed by atoms with van der Waals surface area (Å²) in [6.07, 6.45) is 2.36. The zero-order valence-electron chi connectivity index (χ0n) is 14.0. The molecule has 1 saturated heterocycles. The molecule has 1 aliphatic carbocycles. The van der Waals surface area contributed by atoms with Gasteiger partial charge in [0, 0.05) is 41.7 Å². The van der Waals surface area contributed by atoms with E-state index < -0.39 is 23.1 Å². The SMILES string of the molecule is CC12CCCC(O1)c1cc3c(cc1O2)C(=O)c1cc(O)cc(O)c1C3=O. The predicted molar refractivity (Wildman–Crippen MR) is 89.8 cm³/mol. The summed E-state index contributed by atoms with van der Waals surface area (Å²) in [5.41, 5.74) is 1.12. The van der Waals surface area contributed by atoms with E-state index in [2.05, 4.69) is 0 Å². The van der Waals surface area contributed by atoms with Crippen molar-refractivity contribution < 1.29 is 29.3 Å². The van der Waals surface area contributed by atoms with Crippen LogP contribution in [-0.2, 0) is 4.74 Å². The number of ketones is 2. The molecule has 0 radical (unpaired) electrons. The number of hydrogen-bond acceptors (Lipinski definition) is 6. The van der Waals surface area contributed by atoms with E-state index in [-0.39, 0.29) is 34.1 Å². The summed E-state index contributed by atoms with van der Waals surface area (Å²) in [6.45, 7) is 1.87. The second kappa shape index (κ2) is 4.86. The van der Waals surface area contributed by atoms with E-state index in [1.54, 1.807) is 12.1 Å². The number of carbonyl (C=O) groups is 2. The van der Waals surface area contributed by atoms with E-state index in [1.807, 2.05) is 6.92 Å². The van der Waals surface area contributed by atoms with Gasteiger partial charge in [0.2, 0.25) is 5.79 Å². The molecule has 2 heterocycles. The Bertz CT molecular complexity index is 1010. The molecule has 0 spiro atoms. The Morgan fingerprint density at radius 3 is 2.62 bits per heavy atom. The van der Waals surface area contributed by atoms with Crippen LogP contribution in [0.2, 0.25) is 0 Å².